The summed E-state index contributed by atoms with van der Waals surface area (Å²) in [6.45, 7) is 0.561. The van der Waals surface area contributed by atoms with Gasteiger partial charge in [-0.1, -0.05) is 0 Å². The van der Waals surface area contributed by atoms with Gasteiger partial charge in [-0.3, -0.25) is 0 Å². The van der Waals surface area contributed by atoms with E-state index in [4.69, 9.17) is 4.74 Å². The molecule has 1 aliphatic rings. The average molecular weight is 316 g/mol. The Kier molecular flexibility index (Phi) is 5.31. The van der Waals surface area contributed by atoms with Gasteiger partial charge in [-0.05, 0) is 37.4 Å². The van der Waals surface area contributed by atoms with E-state index in [0.717, 1.165) is 23.5 Å². The molecule has 0 amide bonds. The Morgan fingerprint density at radius 1 is 1.45 bits per heavy atom. The molecule has 2 rings (SSSR count). The number of benzene rings is 1. The molecular formula is C13H20N2O3S2. The summed E-state index contributed by atoms with van der Waals surface area (Å²) in [6, 6.07) is 4.99. The van der Waals surface area contributed by atoms with E-state index < -0.39 is 10.0 Å². The van der Waals surface area contributed by atoms with Gasteiger partial charge in [0.25, 0.3) is 0 Å². The maximum absolute atomic E-state index is 12.4. The summed E-state index contributed by atoms with van der Waals surface area (Å²) in [6.07, 6.45) is 0.892. The summed E-state index contributed by atoms with van der Waals surface area (Å²) in [5.41, 5.74) is 0.832. The van der Waals surface area contributed by atoms with E-state index in [2.05, 4.69) is 10.0 Å². The van der Waals surface area contributed by atoms with Crippen LogP contribution < -0.4 is 14.8 Å². The van der Waals surface area contributed by atoms with Gasteiger partial charge < -0.3 is 10.1 Å². The first-order valence-corrected chi connectivity index (χ1v) is 9.12. The Hall–Kier alpha value is -0.760. The zero-order valence-corrected chi connectivity index (χ0v) is 13.3. The van der Waals surface area contributed by atoms with Crippen LogP contribution in [0, 0.1) is 0 Å². The van der Waals surface area contributed by atoms with Crippen molar-refractivity contribution in [1.82, 2.24) is 10.0 Å². The molecule has 1 aromatic carbocycles. The zero-order chi connectivity index (χ0) is 14.6. The first-order chi connectivity index (χ1) is 9.56. The molecule has 0 radical (unpaired) electrons. The average Bonchev–Trinajstić information content (AvgIpc) is 2.91. The van der Waals surface area contributed by atoms with Crippen molar-refractivity contribution in [2.45, 2.75) is 23.9 Å². The van der Waals surface area contributed by atoms with Gasteiger partial charge in [0.2, 0.25) is 10.0 Å². The van der Waals surface area contributed by atoms with Crippen LogP contribution in [0.2, 0.25) is 0 Å². The molecule has 20 heavy (non-hydrogen) atoms. The van der Waals surface area contributed by atoms with Crippen molar-refractivity contribution >= 4 is 21.8 Å². The number of nitrogens with one attached hydrogen (secondary N) is 2. The Balaban J connectivity index is 2.24. The molecule has 1 atom stereocenters. The topological polar surface area (TPSA) is 67.4 Å². The SMILES string of the molecule is CNCc1cc(S(=O)(=O)NC2CCSC2)ccc1OC. The molecule has 112 valence electrons. The number of thioether (sulfide) groups is 1. The first-order valence-electron chi connectivity index (χ1n) is 6.48. The summed E-state index contributed by atoms with van der Waals surface area (Å²) in [5.74, 6) is 2.55. The lowest BCUT2D eigenvalue weighted by Crippen LogP contribution is -2.34. The van der Waals surface area contributed by atoms with Gasteiger partial charge in [0.15, 0.2) is 0 Å². The van der Waals surface area contributed by atoms with E-state index in [9.17, 15) is 8.42 Å². The monoisotopic (exact) mass is 316 g/mol. The van der Waals surface area contributed by atoms with Gasteiger partial charge in [-0.25, -0.2) is 13.1 Å². The van der Waals surface area contributed by atoms with Crippen LogP contribution in [0.4, 0.5) is 0 Å². The second kappa shape index (κ2) is 6.80. The normalized spacial score (nSPS) is 19.2. The predicted octanol–water partition coefficient (Wildman–Crippen LogP) is 1.20. The lowest BCUT2D eigenvalue weighted by molar-refractivity contribution is 0.408. The Labute approximate surface area is 124 Å². The Morgan fingerprint density at radius 2 is 2.25 bits per heavy atom. The van der Waals surface area contributed by atoms with E-state index in [1.54, 1.807) is 37.1 Å². The molecule has 0 aromatic heterocycles. The fraction of sp³-hybridized carbons (Fsp3) is 0.538. The van der Waals surface area contributed by atoms with Crippen LogP contribution in [0.15, 0.2) is 23.1 Å². The molecule has 2 N–H and O–H groups in total. The van der Waals surface area contributed by atoms with Gasteiger partial charge in [0.1, 0.15) is 5.75 Å². The van der Waals surface area contributed by atoms with Gasteiger partial charge in [0.05, 0.1) is 12.0 Å². The molecule has 1 saturated heterocycles. The number of hydrogen-bond acceptors (Lipinski definition) is 5. The van der Waals surface area contributed by atoms with Crippen LogP contribution in [0.25, 0.3) is 0 Å². The zero-order valence-electron chi connectivity index (χ0n) is 11.7. The molecule has 0 spiro atoms. The lowest BCUT2D eigenvalue weighted by atomic mass is 10.2. The van der Waals surface area contributed by atoms with Crippen LogP contribution in [0.5, 0.6) is 5.75 Å². The first kappa shape index (κ1) is 15.6. The number of methoxy groups -OCH3 is 1. The molecule has 1 heterocycles. The fourth-order valence-corrected chi connectivity index (χ4v) is 4.74. The smallest absolute Gasteiger partial charge is 0.240 e. The minimum Gasteiger partial charge on any atom is -0.496 e. The van der Waals surface area contributed by atoms with Crippen LogP contribution in [-0.2, 0) is 16.6 Å². The van der Waals surface area contributed by atoms with Crippen LogP contribution in [-0.4, -0.2) is 40.1 Å². The largest absolute Gasteiger partial charge is 0.496 e. The predicted molar refractivity (Wildman–Crippen MR) is 81.8 cm³/mol. The highest BCUT2D eigenvalue weighted by Gasteiger charge is 2.23. The fourth-order valence-electron chi connectivity index (χ4n) is 2.17. The van der Waals surface area contributed by atoms with Crippen LogP contribution >= 0.6 is 11.8 Å². The Morgan fingerprint density at radius 3 is 2.85 bits per heavy atom. The van der Waals surface area contributed by atoms with E-state index in [1.807, 2.05) is 7.05 Å². The van der Waals surface area contributed by atoms with Gasteiger partial charge in [0, 0.05) is 23.9 Å². The summed E-state index contributed by atoms with van der Waals surface area (Å²) in [5, 5.41) is 3.01. The molecule has 0 bridgehead atoms. The summed E-state index contributed by atoms with van der Waals surface area (Å²) in [4.78, 5) is 0.292. The number of hydrogen-bond donors (Lipinski definition) is 2. The Bertz CT molecular complexity index is 555. The van der Waals surface area contributed by atoms with Gasteiger partial charge in [-0.15, -0.1) is 0 Å². The molecule has 7 heteroatoms. The third kappa shape index (κ3) is 3.66. The minimum absolute atomic E-state index is 0.0415. The number of rotatable bonds is 6. The van der Waals surface area contributed by atoms with Crippen molar-refractivity contribution in [3.8, 4) is 5.75 Å². The molecule has 0 aliphatic carbocycles. The standard InChI is InChI=1S/C13H20N2O3S2/c1-14-8-10-7-12(3-4-13(10)18-2)20(16,17)15-11-5-6-19-9-11/h3-4,7,11,14-15H,5-6,8-9H2,1-2H3. The van der Waals surface area contributed by atoms with Crippen molar-refractivity contribution in [2.75, 3.05) is 25.7 Å². The molecule has 5 nitrogen and oxygen atoms in total. The maximum Gasteiger partial charge on any atom is 0.240 e. The quantitative estimate of drug-likeness (QED) is 0.825. The number of ether oxygens (including phenoxy) is 1. The van der Waals surface area contributed by atoms with Gasteiger partial charge in [-0.2, -0.15) is 11.8 Å². The van der Waals surface area contributed by atoms with Crippen molar-refractivity contribution in [2.24, 2.45) is 0 Å². The third-order valence-corrected chi connectivity index (χ3v) is 5.86. The second-order valence-electron chi connectivity index (χ2n) is 4.69. The van der Waals surface area contributed by atoms with E-state index >= 15 is 0 Å². The summed E-state index contributed by atoms with van der Waals surface area (Å²) < 4.78 is 32.7. The number of sulfonamides is 1. The van der Waals surface area contributed by atoms with Gasteiger partial charge >= 0.3 is 0 Å². The van der Waals surface area contributed by atoms with Crippen molar-refractivity contribution < 1.29 is 13.2 Å². The van der Waals surface area contributed by atoms with Crippen LogP contribution in [0.1, 0.15) is 12.0 Å². The van der Waals surface area contributed by atoms with Crippen molar-refractivity contribution in [3.05, 3.63) is 23.8 Å². The second-order valence-corrected chi connectivity index (χ2v) is 7.55. The highest BCUT2D eigenvalue weighted by molar-refractivity contribution is 7.99. The van der Waals surface area contributed by atoms with Crippen molar-refractivity contribution in [3.63, 3.8) is 0 Å². The van der Waals surface area contributed by atoms with Crippen molar-refractivity contribution in [1.29, 1.82) is 0 Å². The maximum atomic E-state index is 12.4. The van der Waals surface area contributed by atoms with E-state index in [1.165, 1.54) is 0 Å². The third-order valence-electron chi connectivity index (χ3n) is 3.18. The minimum atomic E-state index is -3.46. The highest BCUT2D eigenvalue weighted by Crippen LogP contribution is 2.24. The molecular weight excluding hydrogens is 296 g/mol. The molecule has 0 saturated carbocycles. The lowest BCUT2D eigenvalue weighted by Gasteiger charge is -2.14. The van der Waals surface area contributed by atoms with E-state index in [-0.39, 0.29) is 6.04 Å². The molecule has 1 unspecified atom stereocenters. The molecule has 1 fully saturated rings. The van der Waals surface area contributed by atoms with E-state index in [0.29, 0.717) is 17.2 Å². The summed E-state index contributed by atoms with van der Waals surface area (Å²) in [7, 11) is -0.0620. The van der Waals surface area contributed by atoms with Crippen LogP contribution in [0.3, 0.4) is 0 Å². The molecule has 1 aliphatic heterocycles. The highest BCUT2D eigenvalue weighted by atomic mass is 32.2. The molecule has 1 aromatic rings. The summed E-state index contributed by atoms with van der Waals surface area (Å²) >= 11 is 1.78.